The molecule has 1 aliphatic rings. The molecule has 0 unspecified atom stereocenters. The van der Waals surface area contributed by atoms with E-state index in [1.54, 1.807) is 0 Å². The van der Waals surface area contributed by atoms with Crippen LogP contribution in [0.5, 0.6) is 0 Å². The van der Waals surface area contributed by atoms with E-state index in [-0.39, 0.29) is 5.97 Å². The predicted molar refractivity (Wildman–Crippen MR) is 99.4 cm³/mol. The summed E-state index contributed by atoms with van der Waals surface area (Å²) in [5.74, 6) is 1.96. The molecule has 0 amide bonds. The van der Waals surface area contributed by atoms with Crippen molar-refractivity contribution in [3.05, 3.63) is 48.0 Å². The summed E-state index contributed by atoms with van der Waals surface area (Å²) in [6, 6.07) is 0. The van der Waals surface area contributed by atoms with Crippen molar-refractivity contribution in [2.45, 2.75) is 71.1 Å². The average Bonchev–Trinajstić information content (AvgIpc) is 3.34. The molecule has 1 rings (SSSR count). The maximum atomic E-state index is 11.0. The van der Waals surface area contributed by atoms with Gasteiger partial charge in [0.15, 0.2) is 0 Å². The van der Waals surface area contributed by atoms with Crippen molar-refractivity contribution in [2.75, 3.05) is 7.11 Å². The fourth-order valence-electron chi connectivity index (χ4n) is 2.33. The average molecular weight is 332 g/mol. The van der Waals surface area contributed by atoms with Crippen molar-refractivity contribution in [3.8, 4) is 0 Å². The van der Waals surface area contributed by atoms with Gasteiger partial charge in [-0.15, -0.1) is 0 Å². The lowest BCUT2D eigenvalue weighted by molar-refractivity contribution is -0.140. The van der Waals surface area contributed by atoms with Crippen molar-refractivity contribution < 1.29 is 14.3 Å². The second-order valence-corrected chi connectivity index (χ2v) is 5.96. The van der Waals surface area contributed by atoms with Crippen molar-refractivity contribution in [1.29, 1.82) is 0 Å². The van der Waals surface area contributed by atoms with E-state index in [0.717, 1.165) is 43.6 Å². The van der Waals surface area contributed by atoms with Crippen molar-refractivity contribution >= 4 is 5.97 Å². The van der Waals surface area contributed by atoms with Crippen LogP contribution in [0.4, 0.5) is 0 Å². The Morgan fingerprint density at radius 2 is 1.67 bits per heavy atom. The molecule has 0 atom stereocenters. The van der Waals surface area contributed by atoms with Crippen molar-refractivity contribution in [2.24, 2.45) is 0 Å². The first-order valence-corrected chi connectivity index (χ1v) is 9.19. The predicted octanol–water partition coefficient (Wildman–Crippen LogP) is 5.99. The zero-order valence-electron chi connectivity index (χ0n) is 15.3. The van der Waals surface area contributed by atoms with Crippen LogP contribution in [0, 0.1) is 0 Å². The van der Waals surface area contributed by atoms with E-state index >= 15 is 0 Å². The second-order valence-electron chi connectivity index (χ2n) is 5.96. The number of ether oxygens (including phenoxy) is 2. The van der Waals surface area contributed by atoms with Crippen LogP contribution in [0.2, 0.25) is 0 Å². The van der Waals surface area contributed by atoms with Crippen LogP contribution in [0.25, 0.3) is 0 Å². The van der Waals surface area contributed by atoms with E-state index in [2.05, 4.69) is 48.1 Å². The number of methoxy groups -OCH3 is 1. The molecule has 0 saturated carbocycles. The van der Waals surface area contributed by atoms with Gasteiger partial charge in [0, 0.05) is 19.3 Å². The largest absolute Gasteiger partial charge is 0.469 e. The zero-order chi connectivity index (χ0) is 17.5. The monoisotopic (exact) mass is 332 g/mol. The summed E-state index contributed by atoms with van der Waals surface area (Å²) in [5.41, 5.74) is 0. The smallest absolute Gasteiger partial charge is 0.305 e. The van der Waals surface area contributed by atoms with Gasteiger partial charge in [-0.1, -0.05) is 56.2 Å². The van der Waals surface area contributed by atoms with Crippen LogP contribution >= 0.6 is 0 Å². The number of unbranched alkanes of at least 4 members (excludes halogenated alkanes) is 3. The minimum Gasteiger partial charge on any atom is -0.469 e. The first-order valence-electron chi connectivity index (χ1n) is 9.19. The van der Waals surface area contributed by atoms with Gasteiger partial charge in [0.2, 0.25) is 0 Å². The Morgan fingerprint density at radius 1 is 0.958 bits per heavy atom. The maximum absolute atomic E-state index is 11.0. The van der Waals surface area contributed by atoms with Gasteiger partial charge in [-0.05, 0) is 32.1 Å². The van der Waals surface area contributed by atoms with E-state index in [9.17, 15) is 4.79 Å². The number of hydrogen-bond acceptors (Lipinski definition) is 3. The van der Waals surface area contributed by atoms with Gasteiger partial charge in [0.05, 0.1) is 7.11 Å². The Hall–Kier alpha value is -1.77. The third kappa shape index (κ3) is 10.9. The molecule has 0 aliphatic carbocycles. The van der Waals surface area contributed by atoms with Gasteiger partial charge in [-0.3, -0.25) is 4.79 Å². The van der Waals surface area contributed by atoms with Crippen molar-refractivity contribution in [1.82, 2.24) is 0 Å². The van der Waals surface area contributed by atoms with Crippen LogP contribution in [0.1, 0.15) is 71.1 Å². The van der Waals surface area contributed by atoms with Gasteiger partial charge < -0.3 is 9.47 Å². The molecule has 0 aromatic carbocycles. The SMILES string of the molecule is CCCCCC=CCC=CCC=CCC1=C(CCCC(=O)OC)O1. The Kier molecular flexibility index (Phi) is 11.5. The third-order valence-electron chi connectivity index (χ3n) is 3.85. The summed E-state index contributed by atoms with van der Waals surface area (Å²) >= 11 is 0. The number of hydrogen-bond donors (Lipinski definition) is 0. The minimum absolute atomic E-state index is 0.153. The molecule has 0 aromatic rings. The molecular formula is C21H32O3. The number of rotatable bonds is 14. The lowest BCUT2D eigenvalue weighted by Crippen LogP contribution is -1.98. The van der Waals surface area contributed by atoms with Crippen LogP contribution in [0.3, 0.4) is 0 Å². The molecule has 0 radical (unpaired) electrons. The molecule has 0 saturated heterocycles. The van der Waals surface area contributed by atoms with Gasteiger partial charge in [-0.25, -0.2) is 0 Å². The van der Waals surface area contributed by atoms with Gasteiger partial charge in [0.1, 0.15) is 11.5 Å². The van der Waals surface area contributed by atoms with Crippen LogP contribution in [-0.2, 0) is 14.3 Å². The summed E-state index contributed by atoms with van der Waals surface area (Å²) in [7, 11) is 1.42. The molecule has 0 fully saturated rings. The third-order valence-corrected chi connectivity index (χ3v) is 3.85. The van der Waals surface area contributed by atoms with E-state index in [0.29, 0.717) is 6.42 Å². The first-order chi connectivity index (χ1) is 11.8. The van der Waals surface area contributed by atoms with Crippen LogP contribution < -0.4 is 0 Å². The molecule has 0 spiro atoms. The maximum Gasteiger partial charge on any atom is 0.305 e. The number of carbonyl (C=O) groups is 1. The summed E-state index contributed by atoms with van der Waals surface area (Å²) < 4.78 is 10.0. The lowest BCUT2D eigenvalue weighted by atomic mass is 10.2. The molecule has 0 bridgehead atoms. The topological polar surface area (TPSA) is 38.8 Å². The fraction of sp³-hybridized carbons (Fsp3) is 0.571. The highest BCUT2D eigenvalue weighted by molar-refractivity contribution is 5.69. The van der Waals surface area contributed by atoms with Crippen LogP contribution in [-0.4, -0.2) is 13.1 Å². The summed E-state index contributed by atoms with van der Waals surface area (Å²) in [5, 5.41) is 0. The van der Waals surface area contributed by atoms with Crippen molar-refractivity contribution in [3.63, 3.8) is 0 Å². The summed E-state index contributed by atoms with van der Waals surface area (Å²) in [4.78, 5) is 11.0. The zero-order valence-corrected chi connectivity index (χ0v) is 15.3. The molecule has 1 aliphatic heterocycles. The van der Waals surface area contributed by atoms with E-state index in [1.807, 2.05) is 0 Å². The number of allylic oxidation sites excluding steroid dienone is 7. The highest BCUT2D eigenvalue weighted by atomic mass is 16.6. The quantitative estimate of drug-likeness (QED) is 0.223. The molecule has 24 heavy (non-hydrogen) atoms. The summed E-state index contributed by atoms with van der Waals surface area (Å²) in [6.45, 7) is 2.23. The Bertz CT molecular complexity index is 469. The standard InChI is InChI=1S/C21H32O3/c1-3-4-5-6-7-8-9-10-11-12-13-14-16-19-20(24-19)17-15-18-21(22)23-2/h7-8,10-11,13-14H,3-6,9,12,15-18H2,1-2H3. The Balaban J connectivity index is 1.98. The second kappa shape index (κ2) is 13.6. The van der Waals surface area contributed by atoms with Gasteiger partial charge in [-0.2, -0.15) is 0 Å². The molecule has 3 nitrogen and oxygen atoms in total. The van der Waals surface area contributed by atoms with Crippen LogP contribution in [0.15, 0.2) is 48.0 Å². The highest BCUT2D eigenvalue weighted by Gasteiger charge is 2.22. The van der Waals surface area contributed by atoms with E-state index < -0.39 is 0 Å². The van der Waals surface area contributed by atoms with Gasteiger partial charge >= 0.3 is 5.97 Å². The lowest BCUT2D eigenvalue weighted by Gasteiger charge is -1.94. The molecular weight excluding hydrogens is 300 g/mol. The molecule has 0 aromatic heterocycles. The molecule has 1 heterocycles. The normalized spacial score (nSPS) is 14.1. The first kappa shape index (κ1) is 20.3. The van der Waals surface area contributed by atoms with E-state index in [1.165, 1.54) is 32.8 Å². The minimum atomic E-state index is -0.153. The Morgan fingerprint density at radius 3 is 2.38 bits per heavy atom. The molecule has 3 heteroatoms. The Labute approximate surface area is 147 Å². The van der Waals surface area contributed by atoms with E-state index in [4.69, 9.17) is 4.74 Å². The summed E-state index contributed by atoms with van der Waals surface area (Å²) in [6.07, 6.45) is 23.3. The fourth-order valence-corrected chi connectivity index (χ4v) is 2.33. The van der Waals surface area contributed by atoms with Gasteiger partial charge in [0.25, 0.3) is 0 Å². The number of esters is 1. The molecule has 134 valence electrons. The molecule has 0 N–H and O–H groups in total. The number of carbonyl (C=O) groups excluding carboxylic acids is 1. The highest BCUT2D eigenvalue weighted by Crippen LogP contribution is 2.33.